The van der Waals surface area contributed by atoms with Crippen molar-refractivity contribution in [2.75, 3.05) is 0 Å². The molecule has 3 nitrogen and oxygen atoms in total. The molecule has 3 heterocycles. The first kappa shape index (κ1) is 30.0. The monoisotopic (exact) mass is 687 g/mol. The van der Waals surface area contributed by atoms with Crippen molar-refractivity contribution in [3.05, 3.63) is 198 Å². The van der Waals surface area contributed by atoms with E-state index in [1.54, 1.807) is 0 Å². The van der Waals surface area contributed by atoms with Crippen molar-refractivity contribution in [1.82, 2.24) is 15.0 Å². The first-order valence-electron chi connectivity index (χ1n) is 17.0. The summed E-state index contributed by atoms with van der Waals surface area (Å²) in [6.07, 6.45) is 0. The number of hydrogen-bond acceptors (Lipinski definition) is 5. The summed E-state index contributed by atoms with van der Waals surface area (Å²) in [5.74, 6) is 1.97. The highest BCUT2D eigenvalue weighted by molar-refractivity contribution is 7.99. The first-order valence-corrected chi connectivity index (χ1v) is 18.7. The number of nitrogens with zero attached hydrogens (tertiary/aromatic N) is 3. The summed E-state index contributed by atoms with van der Waals surface area (Å²) in [6.45, 7) is 0. The molecule has 5 heteroatoms. The summed E-state index contributed by atoms with van der Waals surface area (Å²) in [5, 5.41) is 2.47. The predicted molar refractivity (Wildman–Crippen MR) is 211 cm³/mol. The summed E-state index contributed by atoms with van der Waals surface area (Å²) in [5.41, 5.74) is 7.41. The Labute approximate surface area is 304 Å². The van der Waals surface area contributed by atoms with E-state index >= 15 is 0 Å². The Balaban J connectivity index is 1.19. The summed E-state index contributed by atoms with van der Waals surface area (Å²) in [4.78, 5) is 17.8. The van der Waals surface area contributed by atoms with Crippen LogP contribution in [0, 0.1) is 0 Å². The lowest BCUT2D eigenvalue weighted by Crippen LogP contribution is -2.34. The van der Waals surface area contributed by atoms with Crippen molar-refractivity contribution >= 4 is 43.3 Å². The Morgan fingerprint density at radius 1 is 0.373 bits per heavy atom. The quantitative estimate of drug-likeness (QED) is 0.181. The Morgan fingerprint density at radius 3 is 1.63 bits per heavy atom. The molecule has 0 radical (unpaired) electrons. The number of benzene rings is 7. The minimum absolute atomic E-state index is 0.490. The maximum absolute atomic E-state index is 5.19. The van der Waals surface area contributed by atoms with Crippen LogP contribution in [0.4, 0.5) is 0 Å². The molecule has 1 aliphatic rings. The van der Waals surface area contributed by atoms with Crippen LogP contribution in [-0.2, 0) is 5.41 Å². The molecule has 1 aliphatic heterocycles. The molecule has 240 valence electrons. The van der Waals surface area contributed by atoms with Crippen molar-refractivity contribution < 1.29 is 0 Å². The molecule has 0 bridgehead atoms. The van der Waals surface area contributed by atoms with Crippen molar-refractivity contribution in [3.63, 3.8) is 0 Å². The summed E-state index contributed by atoms with van der Waals surface area (Å²) < 4.78 is 2.53. The van der Waals surface area contributed by atoms with Gasteiger partial charge in [0.1, 0.15) is 0 Å². The van der Waals surface area contributed by atoms with E-state index in [4.69, 9.17) is 15.0 Å². The zero-order chi connectivity index (χ0) is 33.8. The second kappa shape index (κ2) is 12.2. The van der Waals surface area contributed by atoms with Gasteiger partial charge in [-0.25, -0.2) is 15.0 Å². The van der Waals surface area contributed by atoms with Crippen LogP contribution < -0.4 is 0 Å². The van der Waals surface area contributed by atoms with Crippen molar-refractivity contribution in [3.8, 4) is 34.2 Å². The third kappa shape index (κ3) is 4.92. The van der Waals surface area contributed by atoms with Crippen LogP contribution in [-0.4, -0.2) is 15.0 Å². The van der Waals surface area contributed by atoms with E-state index in [1.807, 2.05) is 41.3 Å². The van der Waals surface area contributed by atoms with E-state index < -0.39 is 5.41 Å². The van der Waals surface area contributed by atoms with Crippen LogP contribution in [0.5, 0.6) is 0 Å². The van der Waals surface area contributed by atoms with Gasteiger partial charge in [0.15, 0.2) is 17.5 Å². The minimum Gasteiger partial charge on any atom is -0.208 e. The van der Waals surface area contributed by atoms with Crippen molar-refractivity contribution in [2.24, 2.45) is 0 Å². The molecule has 9 aromatic rings. The molecule has 0 spiro atoms. The maximum atomic E-state index is 5.19. The zero-order valence-corrected chi connectivity index (χ0v) is 29.0. The average Bonchev–Trinajstić information content (AvgIpc) is 3.58. The smallest absolute Gasteiger partial charge is 0.164 e. The van der Waals surface area contributed by atoms with E-state index in [2.05, 4.69) is 158 Å². The SMILES string of the molecule is c1ccc(-c2nc(-c3ccc4c(c3)Sc3ccccc3C4(c3ccccc3)c3ccccc3)nc(-c3ccc4sc5ccccc5c4c3)n2)cc1. The zero-order valence-electron chi connectivity index (χ0n) is 27.4. The van der Waals surface area contributed by atoms with E-state index in [1.165, 1.54) is 52.2 Å². The summed E-state index contributed by atoms with van der Waals surface area (Å²) >= 11 is 3.63. The summed E-state index contributed by atoms with van der Waals surface area (Å²) in [6, 6.07) is 62.8. The first-order chi connectivity index (χ1) is 25.3. The third-order valence-corrected chi connectivity index (χ3v) is 12.2. The van der Waals surface area contributed by atoms with Crippen LogP contribution in [0.25, 0.3) is 54.3 Å². The minimum atomic E-state index is -0.490. The fourth-order valence-corrected chi connectivity index (χ4v) is 9.88. The standard InChI is InChI=1S/C46H29N3S2/c1-4-14-30(15-5-1)43-47-44(31-25-27-40-36(28-31)35-20-10-12-22-39(35)50-40)49-45(48-43)32-24-26-38-42(29-32)51-41-23-13-11-21-37(41)46(38,33-16-6-2-7-17-33)34-18-8-3-9-19-34/h1-29H. The topological polar surface area (TPSA) is 38.7 Å². The second-order valence-corrected chi connectivity index (χ2v) is 14.9. The molecule has 0 unspecified atom stereocenters. The molecule has 0 saturated carbocycles. The van der Waals surface area contributed by atoms with E-state index in [-0.39, 0.29) is 0 Å². The van der Waals surface area contributed by atoms with Crippen LogP contribution in [0.1, 0.15) is 22.3 Å². The molecule has 51 heavy (non-hydrogen) atoms. The van der Waals surface area contributed by atoms with Gasteiger partial charge in [-0.15, -0.1) is 11.3 Å². The van der Waals surface area contributed by atoms with Crippen LogP contribution in [0.3, 0.4) is 0 Å². The number of aromatic nitrogens is 3. The Hall–Kier alpha value is -5.88. The molecular weight excluding hydrogens is 659 g/mol. The molecule has 0 saturated heterocycles. The fraction of sp³-hybridized carbons (Fsp3) is 0.0217. The Morgan fingerprint density at radius 2 is 0.902 bits per heavy atom. The summed E-state index contributed by atoms with van der Waals surface area (Å²) in [7, 11) is 0. The van der Waals surface area contributed by atoms with Gasteiger partial charge in [-0.2, -0.15) is 0 Å². The second-order valence-electron chi connectivity index (χ2n) is 12.8. The maximum Gasteiger partial charge on any atom is 0.164 e. The lowest BCUT2D eigenvalue weighted by molar-refractivity contribution is 0.703. The molecule has 0 atom stereocenters. The van der Waals surface area contributed by atoms with Gasteiger partial charge >= 0.3 is 0 Å². The molecular formula is C46H29N3S2. The Bertz CT molecular complexity index is 2680. The average molecular weight is 688 g/mol. The molecule has 0 fully saturated rings. The third-order valence-electron chi connectivity index (χ3n) is 9.87. The molecule has 0 N–H and O–H groups in total. The van der Waals surface area contributed by atoms with Crippen LogP contribution in [0.15, 0.2) is 186 Å². The van der Waals surface area contributed by atoms with Gasteiger partial charge in [-0.3, -0.25) is 0 Å². The van der Waals surface area contributed by atoms with Gasteiger partial charge in [0.25, 0.3) is 0 Å². The number of rotatable bonds is 5. The van der Waals surface area contributed by atoms with E-state index in [0.29, 0.717) is 17.5 Å². The van der Waals surface area contributed by atoms with Crippen molar-refractivity contribution in [2.45, 2.75) is 15.2 Å². The van der Waals surface area contributed by atoms with Crippen LogP contribution in [0.2, 0.25) is 0 Å². The largest absolute Gasteiger partial charge is 0.208 e. The molecule has 0 amide bonds. The van der Waals surface area contributed by atoms with Gasteiger partial charge in [0.2, 0.25) is 0 Å². The number of hydrogen-bond donors (Lipinski definition) is 0. The molecule has 7 aromatic carbocycles. The molecule has 2 aromatic heterocycles. The predicted octanol–water partition coefficient (Wildman–Crippen LogP) is 12.1. The van der Waals surface area contributed by atoms with Gasteiger partial charge in [-0.1, -0.05) is 151 Å². The number of thiophene rings is 1. The number of fused-ring (bicyclic) bond motifs is 5. The van der Waals surface area contributed by atoms with Gasteiger partial charge in [0.05, 0.1) is 5.41 Å². The van der Waals surface area contributed by atoms with E-state index in [0.717, 1.165) is 16.7 Å². The van der Waals surface area contributed by atoms with Crippen LogP contribution >= 0.6 is 23.1 Å². The van der Waals surface area contributed by atoms with Crippen molar-refractivity contribution in [1.29, 1.82) is 0 Å². The van der Waals surface area contributed by atoms with Gasteiger partial charge in [-0.05, 0) is 58.7 Å². The highest BCUT2D eigenvalue weighted by Crippen LogP contribution is 2.56. The normalized spacial score (nSPS) is 13.2. The Kier molecular flexibility index (Phi) is 7.15. The molecule has 0 aliphatic carbocycles. The molecule has 10 rings (SSSR count). The fourth-order valence-electron chi connectivity index (χ4n) is 7.57. The highest BCUT2D eigenvalue weighted by atomic mass is 32.2. The van der Waals surface area contributed by atoms with E-state index in [9.17, 15) is 0 Å². The highest BCUT2D eigenvalue weighted by Gasteiger charge is 2.44. The lowest BCUT2D eigenvalue weighted by atomic mass is 9.64. The van der Waals surface area contributed by atoms with Gasteiger partial charge < -0.3 is 0 Å². The van der Waals surface area contributed by atoms with Gasteiger partial charge in [0, 0.05) is 46.7 Å². The lowest BCUT2D eigenvalue weighted by Gasteiger charge is -2.42.